The second-order valence-corrected chi connectivity index (χ2v) is 7.36. The van der Waals surface area contributed by atoms with Gasteiger partial charge in [-0.1, -0.05) is 18.2 Å². The summed E-state index contributed by atoms with van der Waals surface area (Å²) < 4.78 is 13.1. The molecule has 3 atom stereocenters. The third-order valence-electron chi connectivity index (χ3n) is 5.72. The SMILES string of the molecule is CN1CCC2NNC(C(=O)N3CC=C(c4ccc(F)cc4)CC3)C2C1. The predicted molar refractivity (Wildman–Crippen MR) is 95.0 cm³/mol. The lowest BCUT2D eigenvalue weighted by Crippen LogP contribution is -2.51. The van der Waals surface area contributed by atoms with E-state index in [1.54, 1.807) is 0 Å². The van der Waals surface area contributed by atoms with Gasteiger partial charge in [-0.15, -0.1) is 0 Å². The standard InChI is InChI=1S/C19H25FN4O/c1-23-9-8-17-16(12-23)18(22-21-17)19(25)24-10-6-14(7-11-24)13-2-4-15(20)5-3-13/h2-6,16-18,21-22H,7-12H2,1H3. The van der Waals surface area contributed by atoms with Crippen LogP contribution in [-0.2, 0) is 4.79 Å². The number of nitrogens with one attached hydrogen (secondary N) is 2. The van der Waals surface area contributed by atoms with E-state index in [9.17, 15) is 9.18 Å². The number of carbonyl (C=O) groups is 1. The van der Waals surface area contributed by atoms with Crippen molar-refractivity contribution in [2.45, 2.75) is 24.9 Å². The Hall–Kier alpha value is -1.76. The normalized spacial score (nSPS) is 30.1. The minimum atomic E-state index is -0.219. The third-order valence-corrected chi connectivity index (χ3v) is 5.72. The Balaban J connectivity index is 1.42. The molecular formula is C19H25FN4O. The van der Waals surface area contributed by atoms with Crippen LogP contribution in [0.1, 0.15) is 18.4 Å². The van der Waals surface area contributed by atoms with Gasteiger partial charge < -0.3 is 9.80 Å². The molecule has 3 aliphatic rings. The Bertz CT molecular complexity index is 675. The number of benzene rings is 1. The van der Waals surface area contributed by atoms with Gasteiger partial charge in [0, 0.05) is 31.6 Å². The van der Waals surface area contributed by atoms with Gasteiger partial charge in [-0.3, -0.25) is 10.2 Å². The minimum absolute atomic E-state index is 0.145. The van der Waals surface area contributed by atoms with Crippen molar-refractivity contribution in [1.82, 2.24) is 20.7 Å². The van der Waals surface area contributed by atoms with Crippen LogP contribution < -0.4 is 10.9 Å². The van der Waals surface area contributed by atoms with E-state index in [-0.39, 0.29) is 17.8 Å². The topological polar surface area (TPSA) is 47.6 Å². The maximum Gasteiger partial charge on any atom is 0.241 e. The van der Waals surface area contributed by atoms with Crippen LogP contribution in [0.4, 0.5) is 4.39 Å². The first-order valence-corrected chi connectivity index (χ1v) is 9.05. The molecule has 2 saturated heterocycles. The maximum atomic E-state index is 13.1. The number of hydrogen-bond donors (Lipinski definition) is 2. The molecule has 2 N–H and O–H groups in total. The van der Waals surface area contributed by atoms with Gasteiger partial charge in [0.1, 0.15) is 11.9 Å². The number of likely N-dealkylation sites (tertiary alicyclic amines) is 1. The van der Waals surface area contributed by atoms with E-state index in [2.05, 4.69) is 28.9 Å². The molecule has 134 valence electrons. The molecule has 3 heterocycles. The quantitative estimate of drug-likeness (QED) is 0.847. The van der Waals surface area contributed by atoms with Gasteiger partial charge in [-0.05, 0) is 49.7 Å². The van der Waals surface area contributed by atoms with Gasteiger partial charge in [-0.25, -0.2) is 9.82 Å². The summed E-state index contributed by atoms with van der Waals surface area (Å²) >= 11 is 0. The van der Waals surface area contributed by atoms with Crippen molar-refractivity contribution in [1.29, 1.82) is 0 Å². The molecule has 0 radical (unpaired) electrons. The molecular weight excluding hydrogens is 319 g/mol. The zero-order valence-corrected chi connectivity index (χ0v) is 14.5. The number of hydrogen-bond acceptors (Lipinski definition) is 4. The van der Waals surface area contributed by atoms with Gasteiger partial charge in [0.05, 0.1) is 0 Å². The lowest BCUT2D eigenvalue weighted by Gasteiger charge is -2.35. The number of rotatable bonds is 2. The van der Waals surface area contributed by atoms with Crippen LogP contribution in [-0.4, -0.2) is 61.0 Å². The Labute approximate surface area is 147 Å². The molecule has 6 heteroatoms. The lowest BCUT2D eigenvalue weighted by molar-refractivity contribution is -0.134. The average Bonchev–Trinajstić information content (AvgIpc) is 3.05. The molecule has 1 aromatic carbocycles. The van der Waals surface area contributed by atoms with E-state index in [0.717, 1.165) is 31.5 Å². The van der Waals surface area contributed by atoms with Crippen LogP contribution in [0, 0.1) is 11.7 Å². The van der Waals surface area contributed by atoms with Crippen LogP contribution in [0.15, 0.2) is 30.3 Å². The van der Waals surface area contributed by atoms with Gasteiger partial charge >= 0.3 is 0 Å². The highest BCUT2D eigenvalue weighted by Crippen LogP contribution is 2.27. The molecule has 5 nitrogen and oxygen atoms in total. The van der Waals surface area contributed by atoms with Crippen molar-refractivity contribution in [2.24, 2.45) is 5.92 Å². The number of fused-ring (bicyclic) bond motifs is 1. The highest BCUT2D eigenvalue weighted by Gasteiger charge is 2.43. The molecule has 0 aliphatic carbocycles. The first-order valence-electron chi connectivity index (χ1n) is 9.05. The zero-order chi connectivity index (χ0) is 17.4. The van der Waals surface area contributed by atoms with Gasteiger partial charge in [-0.2, -0.15) is 0 Å². The average molecular weight is 344 g/mol. The highest BCUT2D eigenvalue weighted by molar-refractivity contribution is 5.84. The summed E-state index contributed by atoms with van der Waals surface area (Å²) in [5.74, 6) is 0.294. The van der Waals surface area contributed by atoms with Crippen LogP contribution in [0.2, 0.25) is 0 Å². The number of carbonyl (C=O) groups excluding carboxylic acids is 1. The minimum Gasteiger partial charge on any atom is -0.337 e. The summed E-state index contributed by atoms with van der Waals surface area (Å²) in [6.07, 6.45) is 3.99. The Morgan fingerprint density at radius 2 is 2.00 bits per heavy atom. The van der Waals surface area contributed by atoms with Crippen LogP contribution in [0.5, 0.6) is 0 Å². The van der Waals surface area contributed by atoms with Crippen molar-refractivity contribution in [3.05, 3.63) is 41.7 Å². The van der Waals surface area contributed by atoms with Gasteiger partial charge in [0.25, 0.3) is 0 Å². The first kappa shape index (κ1) is 16.7. The number of hydrazine groups is 1. The number of nitrogens with zero attached hydrogens (tertiary/aromatic N) is 2. The molecule has 4 rings (SSSR count). The summed E-state index contributed by atoms with van der Waals surface area (Å²) in [6.45, 7) is 3.36. The van der Waals surface area contributed by atoms with Crippen LogP contribution in [0.3, 0.4) is 0 Å². The van der Waals surface area contributed by atoms with E-state index in [4.69, 9.17) is 0 Å². The van der Waals surface area contributed by atoms with E-state index in [0.29, 0.717) is 25.0 Å². The number of piperidine rings is 1. The zero-order valence-electron chi connectivity index (χ0n) is 14.5. The summed E-state index contributed by atoms with van der Waals surface area (Å²) in [4.78, 5) is 17.2. The molecule has 2 fully saturated rings. The van der Waals surface area contributed by atoms with Crippen molar-refractivity contribution in [3.63, 3.8) is 0 Å². The molecule has 3 unspecified atom stereocenters. The summed E-state index contributed by atoms with van der Waals surface area (Å²) in [7, 11) is 2.12. The summed E-state index contributed by atoms with van der Waals surface area (Å²) in [5.41, 5.74) is 8.79. The number of amides is 1. The van der Waals surface area contributed by atoms with Crippen LogP contribution >= 0.6 is 0 Å². The van der Waals surface area contributed by atoms with Gasteiger partial charge in [0.15, 0.2) is 0 Å². The fourth-order valence-electron chi connectivity index (χ4n) is 4.21. The molecule has 25 heavy (non-hydrogen) atoms. The van der Waals surface area contributed by atoms with E-state index in [1.165, 1.54) is 17.7 Å². The van der Waals surface area contributed by atoms with E-state index in [1.807, 2.05) is 17.0 Å². The third kappa shape index (κ3) is 3.34. The second kappa shape index (κ2) is 6.86. The fourth-order valence-corrected chi connectivity index (χ4v) is 4.21. The Morgan fingerprint density at radius 1 is 1.20 bits per heavy atom. The maximum absolute atomic E-state index is 13.1. The molecule has 0 aromatic heterocycles. The number of halogens is 1. The van der Waals surface area contributed by atoms with Crippen molar-refractivity contribution in [3.8, 4) is 0 Å². The van der Waals surface area contributed by atoms with Crippen molar-refractivity contribution in [2.75, 3.05) is 33.2 Å². The lowest BCUT2D eigenvalue weighted by atomic mass is 9.87. The molecule has 1 aromatic rings. The van der Waals surface area contributed by atoms with Crippen molar-refractivity contribution >= 4 is 11.5 Å². The first-order chi connectivity index (χ1) is 12.1. The molecule has 0 saturated carbocycles. The van der Waals surface area contributed by atoms with Crippen molar-refractivity contribution < 1.29 is 9.18 Å². The Kier molecular flexibility index (Phi) is 4.58. The highest BCUT2D eigenvalue weighted by atomic mass is 19.1. The fraction of sp³-hybridized carbons (Fsp3) is 0.526. The molecule has 1 amide bonds. The molecule has 0 bridgehead atoms. The monoisotopic (exact) mass is 344 g/mol. The van der Waals surface area contributed by atoms with Gasteiger partial charge in [0.2, 0.25) is 5.91 Å². The Morgan fingerprint density at radius 3 is 2.72 bits per heavy atom. The summed E-state index contributed by atoms with van der Waals surface area (Å²) in [6, 6.07) is 6.84. The van der Waals surface area contributed by atoms with E-state index < -0.39 is 0 Å². The predicted octanol–water partition coefficient (Wildman–Crippen LogP) is 1.24. The summed E-state index contributed by atoms with van der Waals surface area (Å²) in [5, 5.41) is 0. The molecule has 0 spiro atoms. The van der Waals surface area contributed by atoms with Crippen LogP contribution in [0.25, 0.3) is 5.57 Å². The van der Waals surface area contributed by atoms with E-state index >= 15 is 0 Å². The smallest absolute Gasteiger partial charge is 0.241 e. The molecule has 3 aliphatic heterocycles. The second-order valence-electron chi connectivity index (χ2n) is 7.36. The largest absolute Gasteiger partial charge is 0.337 e.